The molecule has 0 saturated carbocycles. The van der Waals surface area contributed by atoms with E-state index in [1.807, 2.05) is 40.9 Å². The molecule has 1 N–H and O–H groups in total. The van der Waals surface area contributed by atoms with Crippen LogP contribution in [-0.2, 0) is 32.7 Å². The lowest BCUT2D eigenvalue weighted by Crippen LogP contribution is -2.52. The van der Waals surface area contributed by atoms with Gasteiger partial charge in [-0.25, -0.2) is 4.79 Å². The molecule has 0 radical (unpaired) electrons. The number of benzene rings is 1. The van der Waals surface area contributed by atoms with Crippen LogP contribution in [0.1, 0.15) is 30.0 Å². The van der Waals surface area contributed by atoms with Crippen LogP contribution in [0.25, 0.3) is 0 Å². The second-order valence-corrected chi connectivity index (χ2v) is 8.91. The first-order valence-corrected chi connectivity index (χ1v) is 11.4. The number of hydrogen-bond acceptors (Lipinski definition) is 5. The van der Waals surface area contributed by atoms with Crippen LogP contribution >= 0.6 is 0 Å². The highest BCUT2D eigenvalue weighted by Crippen LogP contribution is 2.49. The fourth-order valence-corrected chi connectivity index (χ4v) is 4.95. The number of amides is 2. The SMILES string of the molecule is COCC(=O)N1C[C@@H](c2ccnn2C)[C@@]2(CCCN(Cc3ccccc3)C2=O)C1.O=C(O)C(F)(F)F. The van der Waals surface area contributed by atoms with E-state index in [-0.39, 0.29) is 24.3 Å². The number of carboxylic acid groups (broad SMARTS) is 1. The maximum absolute atomic E-state index is 13.8. The van der Waals surface area contributed by atoms with Gasteiger partial charge in [-0.3, -0.25) is 14.3 Å². The molecule has 2 aliphatic heterocycles. The Bertz CT molecular complexity index is 1080. The van der Waals surface area contributed by atoms with Gasteiger partial charge < -0.3 is 19.6 Å². The van der Waals surface area contributed by atoms with Gasteiger partial charge in [0, 0.05) is 58.1 Å². The maximum atomic E-state index is 13.8. The predicted octanol–water partition coefficient (Wildman–Crippen LogP) is 2.43. The monoisotopic (exact) mass is 510 g/mol. The molecule has 0 unspecified atom stereocenters. The van der Waals surface area contributed by atoms with Gasteiger partial charge in [0.25, 0.3) is 0 Å². The largest absolute Gasteiger partial charge is 0.490 e. The number of carbonyl (C=O) groups excluding carboxylic acids is 2. The van der Waals surface area contributed by atoms with E-state index in [1.54, 1.807) is 11.1 Å². The Hall–Kier alpha value is -3.41. The molecule has 1 aromatic heterocycles. The first-order chi connectivity index (χ1) is 17.0. The molecule has 4 rings (SSSR count). The minimum absolute atomic E-state index is 0.0378. The van der Waals surface area contributed by atoms with Crippen molar-refractivity contribution >= 4 is 17.8 Å². The lowest BCUT2D eigenvalue weighted by molar-refractivity contribution is -0.192. The Morgan fingerprint density at radius 1 is 1.22 bits per heavy atom. The van der Waals surface area contributed by atoms with Crippen molar-refractivity contribution in [1.82, 2.24) is 19.6 Å². The number of aryl methyl sites for hydroxylation is 1. The van der Waals surface area contributed by atoms with Gasteiger partial charge in [-0.1, -0.05) is 30.3 Å². The third-order valence-electron chi connectivity index (χ3n) is 6.60. The van der Waals surface area contributed by atoms with Crippen molar-refractivity contribution in [2.75, 3.05) is 33.4 Å². The third-order valence-corrected chi connectivity index (χ3v) is 6.60. The molecular weight excluding hydrogens is 481 g/mol. The van der Waals surface area contributed by atoms with Gasteiger partial charge in [-0.15, -0.1) is 0 Å². The fraction of sp³-hybridized carbons (Fsp3) is 0.500. The molecule has 196 valence electrons. The molecule has 2 atom stereocenters. The molecule has 12 heteroatoms. The van der Waals surface area contributed by atoms with Crippen LogP contribution in [0.2, 0.25) is 0 Å². The number of methoxy groups -OCH3 is 1. The minimum Gasteiger partial charge on any atom is -0.475 e. The van der Waals surface area contributed by atoms with E-state index in [2.05, 4.69) is 17.2 Å². The Balaban J connectivity index is 0.000000454. The lowest BCUT2D eigenvalue weighted by Gasteiger charge is -2.42. The van der Waals surface area contributed by atoms with E-state index in [0.29, 0.717) is 19.6 Å². The van der Waals surface area contributed by atoms with Crippen molar-refractivity contribution in [2.24, 2.45) is 12.5 Å². The highest BCUT2D eigenvalue weighted by atomic mass is 19.4. The summed E-state index contributed by atoms with van der Waals surface area (Å²) >= 11 is 0. The summed E-state index contributed by atoms with van der Waals surface area (Å²) in [5.74, 6) is -2.74. The summed E-state index contributed by atoms with van der Waals surface area (Å²) in [5, 5.41) is 11.4. The number of likely N-dealkylation sites (tertiary alicyclic amines) is 2. The van der Waals surface area contributed by atoms with E-state index >= 15 is 0 Å². The normalized spacial score (nSPS) is 21.9. The molecule has 0 bridgehead atoms. The van der Waals surface area contributed by atoms with Crippen molar-refractivity contribution in [3.05, 3.63) is 53.9 Å². The average molecular weight is 511 g/mol. The first-order valence-electron chi connectivity index (χ1n) is 11.4. The van der Waals surface area contributed by atoms with Crippen LogP contribution in [0.5, 0.6) is 0 Å². The van der Waals surface area contributed by atoms with Gasteiger partial charge in [0.05, 0.1) is 5.41 Å². The van der Waals surface area contributed by atoms with Gasteiger partial charge in [0.2, 0.25) is 11.8 Å². The number of aliphatic carboxylic acids is 1. The number of carboxylic acids is 1. The highest BCUT2D eigenvalue weighted by Gasteiger charge is 2.56. The van der Waals surface area contributed by atoms with Crippen LogP contribution in [0.15, 0.2) is 42.6 Å². The number of nitrogens with zero attached hydrogens (tertiary/aromatic N) is 4. The molecule has 3 heterocycles. The number of carbonyl (C=O) groups is 3. The van der Waals surface area contributed by atoms with Crippen LogP contribution in [0, 0.1) is 5.41 Å². The molecule has 2 fully saturated rings. The fourth-order valence-electron chi connectivity index (χ4n) is 4.95. The molecule has 1 aromatic carbocycles. The van der Waals surface area contributed by atoms with Gasteiger partial charge in [0.1, 0.15) is 6.61 Å². The van der Waals surface area contributed by atoms with Crippen LogP contribution < -0.4 is 0 Å². The van der Waals surface area contributed by atoms with E-state index in [9.17, 15) is 22.8 Å². The molecule has 1 spiro atoms. The zero-order chi connectivity index (χ0) is 26.5. The molecule has 2 amide bonds. The van der Waals surface area contributed by atoms with Crippen molar-refractivity contribution in [1.29, 1.82) is 0 Å². The van der Waals surface area contributed by atoms with E-state index in [1.165, 1.54) is 7.11 Å². The summed E-state index contributed by atoms with van der Waals surface area (Å²) in [7, 11) is 3.42. The average Bonchev–Trinajstić information content (AvgIpc) is 3.41. The van der Waals surface area contributed by atoms with Crippen LogP contribution in [0.4, 0.5) is 13.2 Å². The van der Waals surface area contributed by atoms with Crippen molar-refractivity contribution < 1.29 is 37.4 Å². The van der Waals surface area contributed by atoms with Gasteiger partial charge >= 0.3 is 12.1 Å². The van der Waals surface area contributed by atoms with Crippen molar-refractivity contribution in [3.63, 3.8) is 0 Å². The lowest BCUT2D eigenvalue weighted by atomic mass is 9.70. The highest BCUT2D eigenvalue weighted by molar-refractivity contribution is 5.87. The molecule has 0 aliphatic carbocycles. The number of piperidine rings is 1. The standard InChI is InChI=1S/C22H28N4O3.C2HF3O2/c1-24-19(9-11-23-24)18-14-26(20(27)15-29-2)16-22(18)10-6-12-25(21(22)28)13-17-7-4-3-5-8-17;3-2(4,5)1(6)7/h3-5,7-9,11,18H,6,10,12-16H2,1-2H3;(H,6,7)/t18-,22+;/m0./s1. The topological polar surface area (TPSA) is 105 Å². The maximum Gasteiger partial charge on any atom is 0.490 e. The second kappa shape index (κ2) is 11.1. The molecule has 2 saturated heterocycles. The molecular formula is C24H29F3N4O5. The Labute approximate surface area is 206 Å². The van der Waals surface area contributed by atoms with E-state index < -0.39 is 17.6 Å². The predicted molar refractivity (Wildman–Crippen MR) is 122 cm³/mol. The number of ether oxygens (including phenoxy) is 1. The summed E-state index contributed by atoms with van der Waals surface area (Å²) in [6.07, 6.45) is -1.61. The number of alkyl halides is 3. The summed E-state index contributed by atoms with van der Waals surface area (Å²) in [6.45, 7) is 2.35. The van der Waals surface area contributed by atoms with Crippen molar-refractivity contribution in [2.45, 2.75) is 31.5 Å². The van der Waals surface area contributed by atoms with Gasteiger partial charge in [-0.05, 0) is 24.5 Å². The van der Waals surface area contributed by atoms with Crippen molar-refractivity contribution in [3.8, 4) is 0 Å². The number of rotatable bonds is 5. The quantitative estimate of drug-likeness (QED) is 0.663. The van der Waals surface area contributed by atoms with E-state index in [0.717, 1.165) is 30.6 Å². The summed E-state index contributed by atoms with van der Waals surface area (Å²) in [6, 6.07) is 12.1. The zero-order valence-electron chi connectivity index (χ0n) is 20.1. The smallest absolute Gasteiger partial charge is 0.475 e. The number of halogens is 3. The minimum atomic E-state index is -5.08. The molecule has 2 aromatic rings. The van der Waals surface area contributed by atoms with E-state index in [4.69, 9.17) is 14.6 Å². The molecule has 2 aliphatic rings. The Morgan fingerprint density at radius 2 is 1.89 bits per heavy atom. The zero-order valence-corrected chi connectivity index (χ0v) is 20.1. The van der Waals surface area contributed by atoms with Crippen LogP contribution in [-0.4, -0.2) is 82.0 Å². The molecule has 36 heavy (non-hydrogen) atoms. The van der Waals surface area contributed by atoms with Gasteiger partial charge in [0.15, 0.2) is 0 Å². The summed E-state index contributed by atoms with van der Waals surface area (Å²) in [5.41, 5.74) is 1.53. The third kappa shape index (κ3) is 5.86. The van der Waals surface area contributed by atoms with Gasteiger partial charge in [-0.2, -0.15) is 18.3 Å². The Kier molecular flexibility index (Phi) is 8.39. The first kappa shape index (κ1) is 27.2. The van der Waals surface area contributed by atoms with Crippen LogP contribution in [0.3, 0.4) is 0 Å². The number of hydrogen-bond donors (Lipinski definition) is 1. The summed E-state index contributed by atoms with van der Waals surface area (Å²) < 4.78 is 38.6. The Morgan fingerprint density at radius 3 is 2.44 bits per heavy atom. The molecule has 9 nitrogen and oxygen atoms in total. The summed E-state index contributed by atoms with van der Waals surface area (Å²) in [4.78, 5) is 39.1. The number of aromatic nitrogens is 2. The second-order valence-electron chi connectivity index (χ2n) is 8.91.